The van der Waals surface area contributed by atoms with Gasteiger partial charge >= 0.3 is 18.1 Å². The Labute approximate surface area is 382 Å². The molecule has 19 heteroatoms. The second kappa shape index (κ2) is 40.8. The van der Waals surface area contributed by atoms with Crippen molar-refractivity contribution in [2.75, 3.05) is 164 Å². The molecule has 0 aliphatic carbocycles. The number of benzene rings is 2. The maximum absolute atomic E-state index is 13.1. The van der Waals surface area contributed by atoms with Crippen molar-refractivity contribution in [3.63, 3.8) is 0 Å². The fourth-order valence-electron chi connectivity index (χ4n) is 5.43. The van der Waals surface area contributed by atoms with Crippen LogP contribution in [0.2, 0.25) is 0 Å². The highest BCUT2D eigenvalue weighted by atomic mass is 19.4. The molecule has 0 heterocycles. The summed E-state index contributed by atoms with van der Waals surface area (Å²) in [6.45, 7) is 11.6. The smallest absolute Gasteiger partial charge is 0.416 e. The first-order valence-electron chi connectivity index (χ1n) is 22.5. The molecule has 372 valence electrons. The van der Waals surface area contributed by atoms with E-state index in [9.17, 15) is 22.8 Å². The van der Waals surface area contributed by atoms with Crippen LogP contribution < -0.4 is 5.32 Å². The largest absolute Gasteiger partial charge is 0.463 e. The summed E-state index contributed by atoms with van der Waals surface area (Å²) in [5.41, 5.74) is -0.106. The number of hydrogen-bond acceptors (Lipinski definition) is 16. The Balaban J connectivity index is 1.22. The summed E-state index contributed by atoms with van der Waals surface area (Å²) in [7, 11) is 0. The van der Waals surface area contributed by atoms with E-state index in [1.54, 1.807) is 18.2 Å². The van der Waals surface area contributed by atoms with E-state index in [1.807, 2.05) is 0 Å². The van der Waals surface area contributed by atoms with Gasteiger partial charge in [0.1, 0.15) is 13.2 Å². The second-order valence-corrected chi connectivity index (χ2v) is 14.0. The van der Waals surface area contributed by atoms with Crippen LogP contribution in [-0.4, -0.2) is 171 Å². The lowest BCUT2D eigenvalue weighted by atomic mass is 10.1. The molecule has 2 rings (SSSR count). The summed E-state index contributed by atoms with van der Waals surface area (Å²) >= 11 is 0. The number of alkyl halides is 3. The molecule has 0 amide bonds. The minimum absolute atomic E-state index is 0.00799. The predicted molar refractivity (Wildman–Crippen MR) is 235 cm³/mol. The van der Waals surface area contributed by atoms with Crippen molar-refractivity contribution in [3.05, 3.63) is 59.7 Å². The van der Waals surface area contributed by atoms with Crippen LogP contribution in [0, 0.1) is 0 Å². The Morgan fingerprint density at radius 2 is 0.846 bits per heavy atom. The highest BCUT2D eigenvalue weighted by molar-refractivity contribution is 5.96. The molecule has 1 N–H and O–H groups in total. The minimum Gasteiger partial charge on any atom is -0.463 e. The van der Waals surface area contributed by atoms with Crippen LogP contribution in [0.25, 0.3) is 0 Å². The van der Waals surface area contributed by atoms with Crippen LogP contribution in [0.5, 0.6) is 0 Å². The van der Waals surface area contributed by atoms with E-state index in [2.05, 4.69) is 12.2 Å². The van der Waals surface area contributed by atoms with Crippen LogP contribution in [0.15, 0.2) is 48.5 Å². The lowest BCUT2D eigenvalue weighted by Gasteiger charge is -2.13. The van der Waals surface area contributed by atoms with Crippen molar-refractivity contribution >= 4 is 23.3 Å². The van der Waals surface area contributed by atoms with E-state index in [0.717, 1.165) is 25.0 Å². The summed E-state index contributed by atoms with van der Waals surface area (Å²) in [5, 5.41) is 2.86. The summed E-state index contributed by atoms with van der Waals surface area (Å²) < 4.78 is 110. The fourth-order valence-corrected chi connectivity index (χ4v) is 5.43. The highest BCUT2D eigenvalue weighted by Gasteiger charge is 2.30. The Hall–Kier alpha value is -3.47. The third kappa shape index (κ3) is 33.6. The molecule has 0 radical (unpaired) electrons. The van der Waals surface area contributed by atoms with Crippen LogP contribution in [-0.2, 0) is 72.6 Å². The average molecular weight is 936 g/mol. The molecule has 2 aromatic carbocycles. The molecule has 0 saturated carbocycles. The van der Waals surface area contributed by atoms with Crippen LogP contribution in [0.1, 0.15) is 61.4 Å². The van der Waals surface area contributed by atoms with E-state index in [-0.39, 0.29) is 37.0 Å². The summed E-state index contributed by atoms with van der Waals surface area (Å²) in [4.78, 5) is 24.3. The molecule has 0 aliphatic rings. The van der Waals surface area contributed by atoms with Crippen LogP contribution >= 0.6 is 0 Å². The first kappa shape index (κ1) is 57.7. The van der Waals surface area contributed by atoms with E-state index in [1.165, 1.54) is 37.5 Å². The van der Waals surface area contributed by atoms with Crippen molar-refractivity contribution in [2.24, 2.45) is 0 Å². The molecule has 0 fully saturated rings. The monoisotopic (exact) mass is 935 g/mol. The number of ether oxygens (including phenoxy) is 13. The lowest BCUT2D eigenvalue weighted by molar-refractivity contribution is -0.145. The normalized spacial score (nSPS) is 11.6. The van der Waals surface area contributed by atoms with Gasteiger partial charge in [0.25, 0.3) is 0 Å². The van der Waals surface area contributed by atoms with Gasteiger partial charge in [-0.15, -0.1) is 0 Å². The van der Waals surface area contributed by atoms with Gasteiger partial charge in [0, 0.05) is 12.1 Å². The third-order valence-corrected chi connectivity index (χ3v) is 8.77. The Morgan fingerprint density at radius 1 is 0.462 bits per heavy atom. The number of anilines is 2. The Bertz CT molecular complexity index is 1440. The topological polar surface area (TPSA) is 166 Å². The number of carbonyl (C=O) groups excluding carboxylic acids is 2. The standard InChI is InChI=1S/C46H72F3NO15/c1-2-3-4-5-6-14-44(51)64-37-35-62-33-31-60-29-27-58-25-23-56-21-19-54-17-15-53-16-18-55-20-22-57-24-26-59-28-30-61-32-34-63-36-38-65-45(52)42-12-7-8-13-43(42)50-41-11-9-10-40(39-41)46(47,48)49/h7-13,39,50H,2-6,14-38H2,1H3. The van der Waals surface area contributed by atoms with Gasteiger partial charge < -0.3 is 66.9 Å². The number of esters is 2. The molecule has 0 spiro atoms. The minimum atomic E-state index is -4.48. The van der Waals surface area contributed by atoms with Crippen molar-refractivity contribution in [2.45, 2.75) is 51.6 Å². The number of hydrogen-bond donors (Lipinski definition) is 1. The molecular weight excluding hydrogens is 863 g/mol. The van der Waals surface area contributed by atoms with E-state index in [0.29, 0.717) is 151 Å². The number of carbonyl (C=O) groups is 2. The zero-order chi connectivity index (χ0) is 46.7. The molecule has 0 bridgehead atoms. The van der Waals surface area contributed by atoms with Crippen molar-refractivity contribution in [3.8, 4) is 0 Å². The van der Waals surface area contributed by atoms with E-state index >= 15 is 0 Å². The molecule has 0 unspecified atom stereocenters. The quantitative estimate of drug-likeness (QED) is 0.0551. The van der Waals surface area contributed by atoms with Gasteiger partial charge in [0.15, 0.2) is 0 Å². The molecular formula is C46H72F3NO15. The first-order chi connectivity index (χ1) is 31.8. The van der Waals surface area contributed by atoms with Gasteiger partial charge in [0.2, 0.25) is 0 Å². The molecule has 2 aromatic rings. The highest BCUT2D eigenvalue weighted by Crippen LogP contribution is 2.32. The van der Waals surface area contributed by atoms with Crippen molar-refractivity contribution < 1.29 is 84.3 Å². The average Bonchev–Trinajstić information content (AvgIpc) is 3.30. The summed E-state index contributed by atoms with van der Waals surface area (Å²) in [6, 6.07) is 11.1. The molecule has 0 atom stereocenters. The van der Waals surface area contributed by atoms with E-state index < -0.39 is 17.7 Å². The first-order valence-corrected chi connectivity index (χ1v) is 22.5. The van der Waals surface area contributed by atoms with E-state index in [4.69, 9.17) is 61.6 Å². The molecule has 65 heavy (non-hydrogen) atoms. The van der Waals surface area contributed by atoms with Gasteiger partial charge in [-0.1, -0.05) is 50.8 Å². The maximum Gasteiger partial charge on any atom is 0.416 e. The number of unbranched alkanes of at least 4 members (excludes halogenated alkanes) is 4. The second-order valence-electron chi connectivity index (χ2n) is 14.0. The Kier molecular flexibility index (Phi) is 36.2. The summed E-state index contributed by atoms with van der Waals surface area (Å²) in [5.74, 6) is -0.794. The zero-order valence-electron chi connectivity index (χ0n) is 38.1. The van der Waals surface area contributed by atoms with Gasteiger partial charge in [-0.05, 0) is 36.8 Å². The maximum atomic E-state index is 13.1. The Morgan fingerprint density at radius 3 is 1.26 bits per heavy atom. The molecule has 0 aliphatic heterocycles. The summed E-state index contributed by atoms with van der Waals surface area (Å²) in [6.07, 6.45) is 1.51. The fraction of sp³-hybridized carbons (Fsp3) is 0.696. The van der Waals surface area contributed by atoms with Crippen molar-refractivity contribution in [1.29, 1.82) is 0 Å². The predicted octanol–water partition coefficient (Wildman–Crippen LogP) is 6.69. The van der Waals surface area contributed by atoms with Gasteiger partial charge in [-0.3, -0.25) is 4.79 Å². The number of rotatable bonds is 45. The number of para-hydroxylation sites is 1. The van der Waals surface area contributed by atoms with Gasteiger partial charge in [-0.25, -0.2) is 4.79 Å². The molecule has 16 nitrogen and oxygen atoms in total. The van der Waals surface area contributed by atoms with Crippen molar-refractivity contribution in [1.82, 2.24) is 0 Å². The molecule has 0 aromatic heterocycles. The van der Waals surface area contributed by atoms with Gasteiger partial charge in [-0.2, -0.15) is 13.2 Å². The number of halogens is 3. The van der Waals surface area contributed by atoms with Crippen LogP contribution in [0.3, 0.4) is 0 Å². The lowest BCUT2D eigenvalue weighted by Crippen LogP contribution is -2.16. The molecule has 0 saturated heterocycles. The zero-order valence-corrected chi connectivity index (χ0v) is 38.1. The van der Waals surface area contributed by atoms with Crippen LogP contribution in [0.4, 0.5) is 24.5 Å². The third-order valence-electron chi connectivity index (χ3n) is 8.77. The number of nitrogens with one attached hydrogen (secondary N) is 1. The SMILES string of the molecule is CCCCCCCC(=O)OCCOCCOCCOCCOCCOCCOCCOCCOCCOCCOCCOCCOC(=O)c1ccccc1Nc1cccc(C(F)(F)F)c1. The van der Waals surface area contributed by atoms with Gasteiger partial charge in [0.05, 0.1) is 162 Å².